The van der Waals surface area contributed by atoms with E-state index < -0.39 is 5.97 Å². The SMILES string of the molecule is C=CCN(CC(=O)O)C(=O)NC(CC)(CC)CC. The molecule has 5 nitrogen and oxygen atoms in total. The van der Waals surface area contributed by atoms with E-state index in [0.29, 0.717) is 0 Å². The van der Waals surface area contributed by atoms with Crippen molar-refractivity contribution in [3.63, 3.8) is 0 Å². The third kappa shape index (κ3) is 4.77. The van der Waals surface area contributed by atoms with Crippen LogP contribution in [0.4, 0.5) is 4.79 Å². The molecule has 0 spiro atoms. The van der Waals surface area contributed by atoms with Gasteiger partial charge < -0.3 is 15.3 Å². The maximum atomic E-state index is 12.1. The third-order valence-corrected chi connectivity index (χ3v) is 3.37. The van der Waals surface area contributed by atoms with Crippen LogP contribution in [-0.4, -0.2) is 40.6 Å². The topological polar surface area (TPSA) is 69.6 Å². The first-order valence-electron chi connectivity index (χ1n) is 6.34. The van der Waals surface area contributed by atoms with Crippen molar-refractivity contribution in [2.24, 2.45) is 0 Å². The number of hydrogen-bond donors (Lipinski definition) is 2. The summed E-state index contributed by atoms with van der Waals surface area (Å²) in [6, 6.07) is -0.345. The second-order valence-electron chi connectivity index (χ2n) is 4.33. The summed E-state index contributed by atoms with van der Waals surface area (Å²) in [5.41, 5.74) is -0.255. The highest BCUT2D eigenvalue weighted by atomic mass is 16.4. The van der Waals surface area contributed by atoms with Crippen LogP contribution in [0.15, 0.2) is 12.7 Å². The molecule has 0 aliphatic rings. The fraction of sp³-hybridized carbons (Fsp3) is 0.692. The standard InChI is InChI=1S/C13H24N2O3/c1-5-9-15(10-11(16)17)12(18)14-13(6-2,7-3)8-4/h5H,1,6-10H2,2-4H3,(H,14,18)(H,16,17). The highest BCUT2D eigenvalue weighted by Gasteiger charge is 2.28. The van der Waals surface area contributed by atoms with Crippen LogP contribution in [0.1, 0.15) is 40.0 Å². The molecule has 5 heteroatoms. The van der Waals surface area contributed by atoms with E-state index in [2.05, 4.69) is 11.9 Å². The van der Waals surface area contributed by atoms with Crippen LogP contribution in [0.3, 0.4) is 0 Å². The molecule has 0 aromatic heterocycles. The van der Waals surface area contributed by atoms with E-state index in [-0.39, 0.29) is 24.7 Å². The Morgan fingerprint density at radius 2 is 1.78 bits per heavy atom. The second-order valence-corrected chi connectivity index (χ2v) is 4.33. The molecule has 104 valence electrons. The lowest BCUT2D eigenvalue weighted by Crippen LogP contribution is -2.53. The molecule has 0 fully saturated rings. The first-order chi connectivity index (χ1) is 8.44. The Kier molecular flexibility index (Phi) is 7.08. The number of amides is 2. The molecule has 2 amide bonds. The number of carboxylic acid groups (broad SMARTS) is 1. The van der Waals surface area contributed by atoms with Crippen molar-refractivity contribution >= 4 is 12.0 Å². The molecule has 0 saturated heterocycles. The number of aliphatic carboxylic acids is 1. The lowest BCUT2D eigenvalue weighted by atomic mass is 9.90. The number of carbonyl (C=O) groups is 2. The number of hydrogen-bond acceptors (Lipinski definition) is 2. The summed E-state index contributed by atoms with van der Waals surface area (Å²) in [4.78, 5) is 24.0. The van der Waals surface area contributed by atoms with Crippen molar-refractivity contribution in [3.05, 3.63) is 12.7 Å². The monoisotopic (exact) mass is 256 g/mol. The van der Waals surface area contributed by atoms with Gasteiger partial charge in [0.1, 0.15) is 6.54 Å². The van der Waals surface area contributed by atoms with Crippen molar-refractivity contribution in [1.82, 2.24) is 10.2 Å². The molecule has 18 heavy (non-hydrogen) atoms. The minimum Gasteiger partial charge on any atom is -0.480 e. The van der Waals surface area contributed by atoms with Gasteiger partial charge in [-0.15, -0.1) is 6.58 Å². The number of rotatable bonds is 8. The van der Waals surface area contributed by atoms with Crippen molar-refractivity contribution in [2.75, 3.05) is 13.1 Å². The van der Waals surface area contributed by atoms with Crippen LogP contribution in [0.25, 0.3) is 0 Å². The fourth-order valence-electron chi connectivity index (χ4n) is 1.86. The van der Waals surface area contributed by atoms with Gasteiger partial charge >= 0.3 is 12.0 Å². The van der Waals surface area contributed by atoms with Crippen LogP contribution in [-0.2, 0) is 4.79 Å². The molecule has 0 atom stereocenters. The molecule has 0 heterocycles. The summed E-state index contributed by atoms with van der Waals surface area (Å²) in [6.07, 6.45) is 3.98. The van der Waals surface area contributed by atoms with Crippen molar-refractivity contribution in [3.8, 4) is 0 Å². The highest BCUT2D eigenvalue weighted by Crippen LogP contribution is 2.19. The summed E-state index contributed by atoms with van der Waals surface area (Å²) in [6.45, 7) is 9.49. The van der Waals surface area contributed by atoms with E-state index in [1.54, 1.807) is 0 Å². The lowest BCUT2D eigenvalue weighted by molar-refractivity contribution is -0.137. The van der Waals surface area contributed by atoms with Gasteiger partial charge in [-0.3, -0.25) is 4.79 Å². The molecule has 0 bridgehead atoms. The minimum atomic E-state index is -1.03. The van der Waals surface area contributed by atoms with Gasteiger partial charge in [0.2, 0.25) is 0 Å². The predicted octanol–water partition coefficient (Wildman–Crippen LogP) is 2.24. The predicted molar refractivity (Wildman–Crippen MR) is 71.5 cm³/mol. The lowest BCUT2D eigenvalue weighted by Gasteiger charge is -2.34. The van der Waals surface area contributed by atoms with Crippen LogP contribution in [0.2, 0.25) is 0 Å². The summed E-state index contributed by atoms with van der Waals surface area (Å²) >= 11 is 0. The number of carboxylic acids is 1. The number of nitrogens with zero attached hydrogens (tertiary/aromatic N) is 1. The summed E-state index contributed by atoms with van der Waals surface area (Å²) < 4.78 is 0. The molecule has 2 N–H and O–H groups in total. The van der Waals surface area contributed by atoms with E-state index in [1.165, 1.54) is 11.0 Å². The number of nitrogens with one attached hydrogen (secondary N) is 1. The molecule has 0 aromatic rings. The van der Waals surface area contributed by atoms with Crippen LogP contribution in [0, 0.1) is 0 Å². The van der Waals surface area contributed by atoms with Crippen LogP contribution >= 0.6 is 0 Å². The normalized spacial score (nSPS) is 10.8. The van der Waals surface area contributed by atoms with Crippen molar-refractivity contribution < 1.29 is 14.7 Å². The van der Waals surface area contributed by atoms with Gasteiger partial charge in [0.15, 0.2) is 0 Å². The Morgan fingerprint density at radius 3 is 2.11 bits per heavy atom. The first kappa shape index (κ1) is 16.5. The van der Waals surface area contributed by atoms with Crippen molar-refractivity contribution in [1.29, 1.82) is 0 Å². The molecular formula is C13H24N2O3. The van der Waals surface area contributed by atoms with Crippen LogP contribution in [0.5, 0.6) is 0 Å². The Hall–Kier alpha value is -1.52. The van der Waals surface area contributed by atoms with Gasteiger partial charge in [0, 0.05) is 12.1 Å². The Balaban J connectivity index is 4.76. The molecule has 0 radical (unpaired) electrons. The second kappa shape index (κ2) is 7.74. The smallest absolute Gasteiger partial charge is 0.323 e. The van der Waals surface area contributed by atoms with E-state index in [1.807, 2.05) is 20.8 Å². The zero-order chi connectivity index (χ0) is 14.2. The van der Waals surface area contributed by atoms with Gasteiger partial charge in [0.05, 0.1) is 0 Å². The number of urea groups is 1. The number of carbonyl (C=O) groups excluding carboxylic acids is 1. The summed E-state index contributed by atoms with van der Waals surface area (Å²) in [7, 11) is 0. The van der Waals surface area contributed by atoms with Gasteiger partial charge in [-0.1, -0.05) is 26.8 Å². The van der Waals surface area contributed by atoms with Gasteiger partial charge in [-0.2, -0.15) is 0 Å². The van der Waals surface area contributed by atoms with E-state index in [4.69, 9.17) is 5.11 Å². The average molecular weight is 256 g/mol. The minimum absolute atomic E-state index is 0.228. The molecule has 0 unspecified atom stereocenters. The van der Waals surface area contributed by atoms with Crippen molar-refractivity contribution in [2.45, 2.75) is 45.6 Å². The Bertz CT molecular complexity index is 290. The van der Waals surface area contributed by atoms with E-state index >= 15 is 0 Å². The Labute approximate surface area is 109 Å². The maximum absolute atomic E-state index is 12.1. The van der Waals surface area contributed by atoms with Gasteiger partial charge in [0.25, 0.3) is 0 Å². The molecule has 0 aromatic carbocycles. The van der Waals surface area contributed by atoms with Gasteiger partial charge in [-0.25, -0.2) is 4.79 Å². The Morgan fingerprint density at radius 1 is 1.28 bits per heavy atom. The maximum Gasteiger partial charge on any atom is 0.323 e. The molecule has 0 rings (SSSR count). The molecular weight excluding hydrogens is 232 g/mol. The van der Waals surface area contributed by atoms with E-state index in [0.717, 1.165) is 19.3 Å². The zero-order valence-corrected chi connectivity index (χ0v) is 11.5. The molecule has 0 saturated carbocycles. The average Bonchev–Trinajstić information content (AvgIpc) is 2.35. The molecule has 0 aliphatic heterocycles. The highest BCUT2D eigenvalue weighted by molar-refractivity contribution is 5.80. The first-order valence-corrected chi connectivity index (χ1v) is 6.34. The summed E-state index contributed by atoms with van der Waals surface area (Å²) in [5, 5.41) is 11.7. The van der Waals surface area contributed by atoms with Crippen LogP contribution < -0.4 is 5.32 Å². The quantitative estimate of drug-likeness (QED) is 0.654. The third-order valence-electron chi connectivity index (χ3n) is 3.37. The zero-order valence-electron chi connectivity index (χ0n) is 11.5. The summed E-state index contributed by atoms with van der Waals surface area (Å²) in [5.74, 6) is -1.03. The fourth-order valence-corrected chi connectivity index (χ4v) is 1.86. The largest absolute Gasteiger partial charge is 0.480 e. The van der Waals surface area contributed by atoms with E-state index in [9.17, 15) is 9.59 Å². The van der Waals surface area contributed by atoms with Gasteiger partial charge in [-0.05, 0) is 19.3 Å². The molecule has 0 aliphatic carbocycles.